The number of carbonyl (C=O) groups is 2. The van der Waals surface area contributed by atoms with Gasteiger partial charge in [0, 0.05) is 22.6 Å². The molecule has 7 nitrogen and oxygen atoms in total. The molecule has 1 aromatic heterocycles. The van der Waals surface area contributed by atoms with Crippen molar-refractivity contribution in [1.82, 2.24) is 15.0 Å². The van der Waals surface area contributed by atoms with E-state index in [1.165, 1.54) is 12.1 Å². The molecule has 0 bridgehead atoms. The van der Waals surface area contributed by atoms with Crippen LogP contribution in [0, 0.1) is 11.7 Å². The number of fused-ring (bicyclic) bond motifs is 1. The first-order valence-corrected chi connectivity index (χ1v) is 13.6. The topological polar surface area (TPSA) is 105 Å². The summed E-state index contributed by atoms with van der Waals surface area (Å²) < 4.78 is 40.1. The molecule has 2 aromatic carbocycles. The Kier molecular flexibility index (Phi) is 7.79. The second kappa shape index (κ2) is 11.0. The normalized spacial score (nSPS) is 17.6. The number of nitrogens with zero attached hydrogens (tertiary/aromatic N) is 1. The maximum Gasteiger partial charge on any atom is 0.251 e. The largest absolute Gasteiger partial charge is 0.348 e. The molecule has 0 saturated heterocycles. The lowest BCUT2D eigenvalue weighted by Crippen LogP contribution is -2.49. The number of carbonyl (C=O) groups excluding carboxylic acids is 2. The van der Waals surface area contributed by atoms with Gasteiger partial charge in [0.2, 0.25) is 15.9 Å². The molecule has 1 aliphatic rings. The molecule has 4 rings (SSSR count). The summed E-state index contributed by atoms with van der Waals surface area (Å²) in [6, 6.07) is 14.3. The summed E-state index contributed by atoms with van der Waals surface area (Å²) in [5, 5.41) is 3.63. The SMILES string of the molecule is CCCCS(=O)(=O)NC(=O)[C@H]1CC=CC[C@@H]1NC(=O)c1ccc2nc(-c3cccc(F)c3)ccc2c1. The zero-order valence-electron chi connectivity index (χ0n) is 19.9. The van der Waals surface area contributed by atoms with E-state index in [1.54, 1.807) is 36.4 Å². The van der Waals surface area contributed by atoms with E-state index in [4.69, 9.17) is 0 Å². The number of halogens is 1. The van der Waals surface area contributed by atoms with E-state index in [0.717, 1.165) is 5.39 Å². The molecule has 1 aliphatic carbocycles. The lowest BCUT2D eigenvalue weighted by Gasteiger charge is -2.28. The molecule has 0 fully saturated rings. The quantitative estimate of drug-likeness (QED) is 0.439. The standard InChI is InChI=1S/C27H28FN3O4S/c1-2-3-15-36(34,35)31-27(33)22-9-4-5-10-25(22)30-26(32)20-12-14-24-19(16-20)11-13-23(29-24)18-7-6-8-21(28)17-18/h4-8,11-14,16-17,22,25H,2-3,9-10,15H2,1H3,(H,30,32)(H,31,33)/t22-,25-/m0/s1. The van der Waals surface area contributed by atoms with Crippen LogP contribution in [0.2, 0.25) is 0 Å². The number of nitrogens with one attached hydrogen (secondary N) is 2. The zero-order valence-corrected chi connectivity index (χ0v) is 20.7. The molecule has 188 valence electrons. The summed E-state index contributed by atoms with van der Waals surface area (Å²) >= 11 is 0. The Morgan fingerprint density at radius 3 is 2.64 bits per heavy atom. The summed E-state index contributed by atoms with van der Waals surface area (Å²) in [7, 11) is -3.71. The second-order valence-corrected chi connectivity index (χ2v) is 10.7. The average Bonchev–Trinajstić information content (AvgIpc) is 2.87. The molecule has 0 aliphatic heterocycles. The Morgan fingerprint density at radius 1 is 1.06 bits per heavy atom. The van der Waals surface area contributed by atoms with Gasteiger partial charge in [0.05, 0.1) is 22.9 Å². The molecule has 2 N–H and O–H groups in total. The summed E-state index contributed by atoms with van der Waals surface area (Å²) in [4.78, 5) is 30.3. The predicted molar refractivity (Wildman–Crippen MR) is 137 cm³/mol. The van der Waals surface area contributed by atoms with Crippen LogP contribution in [0.4, 0.5) is 4.39 Å². The zero-order chi connectivity index (χ0) is 25.7. The number of benzene rings is 2. The van der Waals surface area contributed by atoms with Crippen molar-refractivity contribution in [3.05, 3.63) is 78.1 Å². The molecule has 2 atom stereocenters. The Morgan fingerprint density at radius 2 is 1.86 bits per heavy atom. The van der Waals surface area contributed by atoms with E-state index >= 15 is 0 Å². The maximum atomic E-state index is 13.6. The number of aromatic nitrogens is 1. The first-order chi connectivity index (χ1) is 17.3. The smallest absolute Gasteiger partial charge is 0.251 e. The van der Waals surface area contributed by atoms with Crippen molar-refractivity contribution in [3.8, 4) is 11.3 Å². The van der Waals surface area contributed by atoms with Crippen LogP contribution in [0.1, 0.15) is 43.0 Å². The van der Waals surface area contributed by atoms with Crippen LogP contribution >= 0.6 is 0 Å². The molecule has 2 amide bonds. The van der Waals surface area contributed by atoms with Crippen molar-refractivity contribution in [2.75, 3.05) is 5.75 Å². The number of hydrogen-bond acceptors (Lipinski definition) is 5. The van der Waals surface area contributed by atoms with Crippen molar-refractivity contribution in [3.63, 3.8) is 0 Å². The van der Waals surface area contributed by atoms with Crippen LogP contribution in [0.3, 0.4) is 0 Å². The minimum atomic E-state index is -3.71. The second-order valence-electron chi connectivity index (χ2n) is 8.88. The highest BCUT2D eigenvalue weighted by atomic mass is 32.2. The van der Waals surface area contributed by atoms with E-state index in [2.05, 4.69) is 15.0 Å². The van der Waals surface area contributed by atoms with E-state index in [0.29, 0.717) is 48.0 Å². The third-order valence-electron chi connectivity index (χ3n) is 6.18. The molecular formula is C27H28FN3O4S. The summed E-state index contributed by atoms with van der Waals surface area (Å²) in [6.07, 6.45) is 5.62. The third kappa shape index (κ3) is 6.15. The summed E-state index contributed by atoms with van der Waals surface area (Å²) in [6.45, 7) is 1.88. The van der Waals surface area contributed by atoms with Crippen LogP contribution in [-0.2, 0) is 14.8 Å². The van der Waals surface area contributed by atoms with Gasteiger partial charge in [0.15, 0.2) is 0 Å². The summed E-state index contributed by atoms with van der Waals surface area (Å²) in [5.74, 6) is -2.11. The van der Waals surface area contributed by atoms with Crippen molar-refractivity contribution < 1.29 is 22.4 Å². The molecular weight excluding hydrogens is 481 g/mol. The fraction of sp³-hybridized carbons (Fsp3) is 0.296. The first-order valence-electron chi connectivity index (χ1n) is 11.9. The highest BCUT2D eigenvalue weighted by Crippen LogP contribution is 2.24. The Bertz CT molecular complexity index is 1420. The van der Waals surface area contributed by atoms with Gasteiger partial charge in [0.25, 0.3) is 5.91 Å². The Labute approximate surface area is 209 Å². The van der Waals surface area contributed by atoms with E-state index in [1.807, 2.05) is 25.1 Å². The van der Waals surface area contributed by atoms with Gasteiger partial charge in [0.1, 0.15) is 5.82 Å². The van der Waals surface area contributed by atoms with Gasteiger partial charge in [-0.3, -0.25) is 14.3 Å². The lowest BCUT2D eigenvalue weighted by atomic mass is 9.88. The minimum absolute atomic E-state index is 0.110. The van der Waals surface area contributed by atoms with Gasteiger partial charge in [-0.2, -0.15) is 0 Å². The molecule has 0 radical (unpaired) electrons. The molecule has 9 heteroatoms. The number of amides is 2. The average molecular weight is 510 g/mol. The fourth-order valence-corrected chi connectivity index (χ4v) is 5.43. The molecule has 1 heterocycles. The van der Waals surface area contributed by atoms with Crippen LogP contribution in [-0.4, -0.2) is 37.0 Å². The molecule has 36 heavy (non-hydrogen) atoms. The maximum absolute atomic E-state index is 13.6. The number of hydrogen-bond donors (Lipinski definition) is 2. The van der Waals surface area contributed by atoms with Crippen molar-refractivity contribution in [2.24, 2.45) is 5.92 Å². The Balaban J connectivity index is 1.48. The number of pyridine rings is 1. The van der Waals surface area contributed by atoms with Crippen LogP contribution < -0.4 is 10.0 Å². The van der Waals surface area contributed by atoms with Gasteiger partial charge < -0.3 is 5.32 Å². The van der Waals surface area contributed by atoms with E-state index in [-0.39, 0.29) is 17.5 Å². The van der Waals surface area contributed by atoms with Crippen LogP contribution in [0.5, 0.6) is 0 Å². The summed E-state index contributed by atoms with van der Waals surface area (Å²) in [5.41, 5.74) is 2.33. The molecule has 3 aromatic rings. The van der Waals surface area contributed by atoms with Gasteiger partial charge >= 0.3 is 0 Å². The molecule has 0 unspecified atom stereocenters. The number of unbranched alkanes of at least 4 members (excludes halogenated alkanes) is 1. The van der Waals surface area contributed by atoms with Crippen molar-refractivity contribution in [2.45, 2.75) is 38.6 Å². The highest BCUT2D eigenvalue weighted by Gasteiger charge is 2.32. The molecule has 0 spiro atoms. The van der Waals surface area contributed by atoms with Crippen molar-refractivity contribution >= 4 is 32.7 Å². The monoisotopic (exact) mass is 509 g/mol. The Hall–Kier alpha value is -3.59. The highest BCUT2D eigenvalue weighted by molar-refractivity contribution is 7.90. The predicted octanol–water partition coefficient (Wildman–Crippen LogP) is 4.35. The number of allylic oxidation sites excluding steroid dienone is 1. The number of sulfonamides is 1. The van der Waals surface area contributed by atoms with E-state index < -0.39 is 27.9 Å². The van der Waals surface area contributed by atoms with E-state index in [9.17, 15) is 22.4 Å². The van der Waals surface area contributed by atoms with Gasteiger partial charge in [-0.1, -0.05) is 43.7 Å². The molecule has 0 saturated carbocycles. The lowest BCUT2D eigenvalue weighted by molar-refractivity contribution is -0.124. The van der Waals surface area contributed by atoms with Gasteiger partial charge in [-0.15, -0.1) is 0 Å². The number of rotatable bonds is 8. The first kappa shape index (κ1) is 25.5. The fourth-order valence-electron chi connectivity index (χ4n) is 4.20. The van der Waals surface area contributed by atoms with Gasteiger partial charge in [-0.25, -0.2) is 17.8 Å². The van der Waals surface area contributed by atoms with Crippen LogP contribution in [0.15, 0.2) is 66.7 Å². The van der Waals surface area contributed by atoms with Crippen molar-refractivity contribution in [1.29, 1.82) is 0 Å². The third-order valence-corrected chi connectivity index (χ3v) is 7.52. The van der Waals surface area contributed by atoms with Gasteiger partial charge in [-0.05, 0) is 55.7 Å². The van der Waals surface area contributed by atoms with Crippen LogP contribution in [0.25, 0.3) is 22.2 Å². The minimum Gasteiger partial charge on any atom is -0.348 e.